The molecule has 21 heavy (non-hydrogen) atoms. The average Bonchev–Trinajstić information content (AvgIpc) is 2.46. The Morgan fingerprint density at radius 3 is 2.76 bits per heavy atom. The van der Waals surface area contributed by atoms with E-state index in [1.54, 1.807) is 19.9 Å². The minimum Gasteiger partial charge on any atom is -0.450 e. The second-order valence-electron chi connectivity index (χ2n) is 4.81. The van der Waals surface area contributed by atoms with Crippen molar-refractivity contribution < 1.29 is 17.9 Å². The minimum atomic E-state index is -3.19. The van der Waals surface area contributed by atoms with Crippen LogP contribution in [0, 0.1) is 0 Å². The molecule has 0 radical (unpaired) electrons. The Bertz CT molecular complexity index is 628. The second-order valence-corrected chi connectivity index (χ2v) is 7.07. The zero-order chi connectivity index (χ0) is 15.5. The van der Waals surface area contributed by atoms with E-state index in [-0.39, 0.29) is 5.75 Å². The van der Waals surface area contributed by atoms with E-state index in [1.807, 2.05) is 12.1 Å². The maximum Gasteiger partial charge on any atom is 0.411 e. The number of ether oxygens (including phenoxy) is 1. The number of amides is 1. The van der Waals surface area contributed by atoms with Crippen LogP contribution in [0.3, 0.4) is 0 Å². The molecule has 7 heteroatoms. The van der Waals surface area contributed by atoms with Crippen molar-refractivity contribution in [1.82, 2.24) is 4.31 Å². The highest BCUT2D eigenvalue weighted by atomic mass is 32.2. The van der Waals surface area contributed by atoms with Gasteiger partial charge in [0.1, 0.15) is 0 Å². The van der Waals surface area contributed by atoms with Crippen LogP contribution in [0.25, 0.3) is 0 Å². The van der Waals surface area contributed by atoms with Crippen molar-refractivity contribution >= 4 is 21.8 Å². The summed E-state index contributed by atoms with van der Waals surface area (Å²) in [5.41, 5.74) is 2.66. The molecule has 2 rings (SSSR count). The van der Waals surface area contributed by atoms with E-state index < -0.39 is 16.1 Å². The first-order chi connectivity index (χ1) is 9.96. The lowest BCUT2D eigenvalue weighted by Gasteiger charge is -2.28. The van der Waals surface area contributed by atoms with Crippen molar-refractivity contribution in [3.8, 4) is 0 Å². The minimum absolute atomic E-state index is 0.100. The Kier molecular flexibility index (Phi) is 4.84. The lowest BCUT2D eigenvalue weighted by Crippen LogP contribution is -2.36. The smallest absolute Gasteiger partial charge is 0.411 e. The van der Waals surface area contributed by atoms with E-state index in [2.05, 4.69) is 5.32 Å². The first-order valence-corrected chi connectivity index (χ1v) is 8.60. The Labute approximate surface area is 125 Å². The first-order valence-electron chi connectivity index (χ1n) is 6.99. The number of carbonyl (C=O) groups excluding carboxylic acids is 1. The van der Waals surface area contributed by atoms with E-state index in [1.165, 1.54) is 4.31 Å². The molecular weight excluding hydrogens is 292 g/mol. The monoisotopic (exact) mass is 312 g/mol. The molecular formula is C14H20N2O4S. The molecule has 1 aromatic rings. The fourth-order valence-corrected chi connectivity index (χ4v) is 3.38. The van der Waals surface area contributed by atoms with E-state index in [4.69, 9.17) is 4.74 Å². The van der Waals surface area contributed by atoms with Gasteiger partial charge in [-0.2, -0.15) is 4.31 Å². The van der Waals surface area contributed by atoms with Crippen molar-refractivity contribution in [2.24, 2.45) is 0 Å². The van der Waals surface area contributed by atoms with Gasteiger partial charge in [-0.15, -0.1) is 0 Å². The zero-order valence-corrected chi connectivity index (χ0v) is 13.1. The van der Waals surface area contributed by atoms with Crippen molar-refractivity contribution in [1.29, 1.82) is 0 Å². The van der Waals surface area contributed by atoms with Gasteiger partial charge in [0.2, 0.25) is 10.0 Å². The molecule has 0 aromatic heterocycles. The number of fused-ring (bicyclic) bond motifs is 1. The Morgan fingerprint density at radius 2 is 2.10 bits per heavy atom. The molecule has 1 heterocycles. The highest BCUT2D eigenvalue weighted by Gasteiger charge is 2.25. The van der Waals surface area contributed by atoms with Crippen LogP contribution in [0.15, 0.2) is 18.2 Å². The highest BCUT2D eigenvalue weighted by molar-refractivity contribution is 7.89. The van der Waals surface area contributed by atoms with Gasteiger partial charge < -0.3 is 4.74 Å². The molecule has 0 fully saturated rings. The van der Waals surface area contributed by atoms with Gasteiger partial charge in [0.15, 0.2) is 0 Å². The first kappa shape index (κ1) is 15.8. The topological polar surface area (TPSA) is 75.7 Å². The van der Waals surface area contributed by atoms with Crippen LogP contribution >= 0.6 is 0 Å². The molecule has 0 unspecified atom stereocenters. The van der Waals surface area contributed by atoms with E-state index in [0.717, 1.165) is 11.1 Å². The summed E-state index contributed by atoms with van der Waals surface area (Å²) in [4.78, 5) is 11.4. The van der Waals surface area contributed by atoms with Gasteiger partial charge in [0.25, 0.3) is 0 Å². The maximum atomic E-state index is 11.9. The summed E-state index contributed by atoms with van der Waals surface area (Å²) in [5, 5.41) is 2.63. The van der Waals surface area contributed by atoms with Crippen LogP contribution < -0.4 is 5.32 Å². The van der Waals surface area contributed by atoms with Crippen LogP contribution in [0.4, 0.5) is 10.5 Å². The lowest BCUT2D eigenvalue weighted by molar-refractivity contribution is 0.168. The van der Waals surface area contributed by atoms with Gasteiger partial charge in [0, 0.05) is 18.8 Å². The molecule has 1 aliphatic rings. The molecule has 1 aliphatic heterocycles. The summed E-state index contributed by atoms with van der Waals surface area (Å²) < 4.78 is 30.2. The number of benzene rings is 1. The van der Waals surface area contributed by atoms with Crippen LogP contribution in [-0.4, -0.2) is 37.7 Å². The molecule has 0 spiro atoms. The van der Waals surface area contributed by atoms with E-state index in [9.17, 15) is 13.2 Å². The number of carbonyl (C=O) groups is 1. The fourth-order valence-electron chi connectivity index (χ4n) is 2.31. The summed E-state index contributed by atoms with van der Waals surface area (Å²) in [5.74, 6) is 0.100. The third kappa shape index (κ3) is 3.74. The normalized spacial score (nSPS) is 15.3. The van der Waals surface area contributed by atoms with E-state index in [0.29, 0.717) is 31.8 Å². The van der Waals surface area contributed by atoms with Crippen molar-refractivity contribution in [2.75, 3.05) is 24.2 Å². The summed E-state index contributed by atoms with van der Waals surface area (Å²) in [7, 11) is -3.19. The largest absolute Gasteiger partial charge is 0.450 e. The Hall–Kier alpha value is -1.60. The number of anilines is 1. The van der Waals surface area contributed by atoms with Gasteiger partial charge in [-0.25, -0.2) is 13.2 Å². The van der Waals surface area contributed by atoms with Gasteiger partial charge >= 0.3 is 6.09 Å². The van der Waals surface area contributed by atoms with Crippen LogP contribution in [0.5, 0.6) is 0 Å². The van der Waals surface area contributed by atoms with E-state index >= 15 is 0 Å². The number of nitrogens with one attached hydrogen (secondary N) is 1. The molecule has 0 saturated carbocycles. The van der Waals surface area contributed by atoms with Crippen LogP contribution in [-0.2, 0) is 27.7 Å². The Balaban J connectivity index is 2.16. The van der Waals surface area contributed by atoms with Gasteiger partial charge in [-0.1, -0.05) is 6.07 Å². The summed E-state index contributed by atoms with van der Waals surface area (Å²) >= 11 is 0. The predicted octanol–water partition coefficient (Wildman–Crippen LogP) is 1.96. The second kappa shape index (κ2) is 6.44. The van der Waals surface area contributed by atoms with Crippen molar-refractivity contribution in [2.45, 2.75) is 26.8 Å². The zero-order valence-electron chi connectivity index (χ0n) is 12.3. The summed E-state index contributed by atoms with van der Waals surface area (Å²) in [6, 6.07) is 5.54. The number of hydrogen-bond donors (Lipinski definition) is 1. The molecule has 0 aliphatic carbocycles. The predicted molar refractivity (Wildman–Crippen MR) is 80.7 cm³/mol. The Morgan fingerprint density at radius 1 is 1.33 bits per heavy atom. The number of sulfonamides is 1. The van der Waals surface area contributed by atoms with Crippen LogP contribution in [0.2, 0.25) is 0 Å². The molecule has 0 saturated heterocycles. The number of rotatable bonds is 4. The van der Waals surface area contributed by atoms with Crippen molar-refractivity contribution in [3.05, 3.63) is 29.3 Å². The molecule has 6 nitrogen and oxygen atoms in total. The summed E-state index contributed by atoms with van der Waals surface area (Å²) in [6.07, 6.45) is 0.181. The summed E-state index contributed by atoms with van der Waals surface area (Å²) in [6.45, 7) is 4.54. The third-order valence-electron chi connectivity index (χ3n) is 3.46. The lowest BCUT2D eigenvalue weighted by atomic mass is 10.0. The molecule has 1 amide bonds. The third-order valence-corrected chi connectivity index (χ3v) is 5.29. The fraction of sp³-hybridized carbons (Fsp3) is 0.500. The maximum absolute atomic E-state index is 11.9. The molecule has 0 bridgehead atoms. The van der Waals surface area contributed by atoms with Crippen molar-refractivity contribution in [3.63, 3.8) is 0 Å². The van der Waals surface area contributed by atoms with Crippen LogP contribution in [0.1, 0.15) is 25.0 Å². The molecule has 1 aromatic carbocycles. The van der Waals surface area contributed by atoms with Gasteiger partial charge in [-0.3, -0.25) is 5.32 Å². The molecule has 1 N–H and O–H groups in total. The molecule has 116 valence electrons. The van der Waals surface area contributed by atoms with Gasteiger partial charge in [0.05, 0.1) is 12.4 Å². The average molecular weight is 312 g/mol. The SMILES string of the molecule is CCOC(=O)Nc1ccc2c(c1)CN(S(=O)(=O)CC)CC2. The highest BCUT2D eigenvalue weighted by Crippen LogP contribution is 2.24. The number of nitrogens with zero attached hydrogens (tertiary/aromatic N) is 1. The van der Waals surface area contributed by atoms with Gasteiger partial charge in [-0.05, 0) is 43.5 Å². The molecule has 0 atom stereocenters. The standard InChI is InChI=1S/C14H20N2O4S/c1-3-20-14(17)15-13-6-5-11-7-8-16(10-12(11)9-13)21(18,19)4-2/h5-6,9H,3-4,7-8,10H2,1-2H3,(H,15,17). The number of hydrogen-bond acceptors (Lipinski definition) is 4. The quantitative estimate of drug-likeness (QED) is 0.922.